The summed E-state index contributed by atoms with van der Waals surface area (Å²) in [7, 11) is 0. The summed E-state index contributed by atoms with van der Waals surface area (Å²) >= 11 is 3.43. The van der Waals surface area contributed by atoms with Gasteiger partial charge in [-0.25, -0.2) is 4.98 Å². The minimum atomic E-state index is 0.982. The van der Waals surface area contributed by atoms with Crippen LogP contribution in [0.15, 0.2) is 28.9 Å². The van der Waals surface area contributed by atoms with E-state index in [0.717, 1.165) is 29.8 Å². The van der Waals surface area contributed by atoms with E-state index in [9.17, 15) is 0 Å². The summed E-state index contributed by atoms with van der Waals surface area (Å²) in [5.41, 5.74) is 1.23. The Hall–Kier alpha value is -0.830. The van der Waals surface area contributed by atoms with Crippen LogP contribution < -0.4 is 4.90 Å². The third-order valence-electron chi connectivity index (χ3n) is 2.37. The maximum Gasteiger partial charge on any atom is 0.131 e. The molecule has 0 unspecified atom stereocenters. The molecule has 2 heterocycles. The molecule has 0 aliphatic carbocycles. The Morgan fingerprint density at radius 1 is 1.43 bits per heavy atom. The first-order valence-electron chi connectivity index (χ1n) is 4.79. The van der Waals surface area contributed by atoms with Gasteiger partial charge < -0.3 is 4.90 Å². The molecule has 0 N–H and O–H groups in total. The molecule has 0 saturated carbocycles. The fraction of sp³-hybridized carbons (Fsp3) is 0.364. The fourth-order valence-corrected chi connectivity index (χ4v) is 2.14. The SMILES string of the molecule is Cc1cc(Br)cnc1N1CC=CCC1. The molecule has 2 rings (SSSR count). The Balaban J connectivity index is 2.27. The fourth-order valence-electron chi connectivity index (χ4n) is 1.70. The van der Waals surface area contributed by atoms with E-state index in [-0.39, 0.29) is 0 Å². The summed E-state index contributed by atoms with van der Waals surface area (Å²) in [6.07, 6.45) is 7.41. The van der Waals surface area contributed by atoms with E-state index in [2.05, 4.69) is 51.0 Å². The second-order valence-electron chi connectivity index (χ2n) is 3.50. The van der Waals surface area contributed by atoms with Crippen molar-refractivity contribution in [1.29, 1.82) is 0 Å². The van der Waals surface area contributed by atoms with Gasteiger partial charge in [0.15, 0.2) is 0 Å². The predicted molar refractivity (Wildman–Crippen MR) is 62.6 cm³/mol. The van der Waals surface area contributed by atoms with Crippen LogP contribution in [-0.2, 0) is 0 Å². The molecule has 1 aromatic heterocycles. The molecule has 1 aliphatic heterocycles. The molecule has 14 heavy (non-hydrogen) atoms. The second-order valence-corrected chi connectivity index (χ2v) is 4.42. The molecular weight excluding hydrogens is 240 g/mol. The molecule has 3 heteroatoms. The number of hydrogen-bond acceptors (Lipinski definition) is 2. The highest BCUT2D eigenvalue weighted by Crippen LogP contribution is 2.21. The lowest BCUT2D eigenvalue weighted by atomic mass is 10.2. The predicted octanol–water partition coefficient (Wildman–Crippen LogP) is 2.92. The number of aryl methyl sites for hydroxylation is 1. The number of halogens is 1. The van der Waals surface area contributed by atoms with Crippen molar-refractivity contribution in [3.05, 3.63) is 34.5 Å². The van der Waals surface area contributed by atoms with Crippen LogP contribution in [0.3, 0.4) is 0 Å². The number of anilines is 1. The highest BCUT2D eigenvalue weighted by atomic mass is 79.9. The van der Waals surface area contributed by atoms with Crippen molar-refractivity contribution >= 4 is 21.7 Å². The molecule has 0 atom stereocenters. The number of hydrogen-bond donors (Lipinski definition) is 0. The zero-order valence-corrected chi connectivity index (χ0v) is 9.79. The molecule has 0 spiro atoms. The lowest BCUT2D eigenvalue weighted by molar-refractivity contribution is 0.801. The summed E-state index contributed by atoms with van der Waals surface area (Å²) < 4.78 is 1.05. The van der Waals surface area contributed by atoms with E-state index in [4.69, 9.17) is 0 Å². The van der Waals surface area contributed by atoms with Gasteiger partial charge >= 0.3 is 0 Å². The first-order chi connectivity index (χ1) is 6.77. The van der Waals surface area contributed by atoms with Crippen molar-refractivity contribution in [1.82, 2.24) is 4.98 Å². The van der Waals surface area contributed by atoms with Gasteiger partial charge in [-0.1, -0.05) is 12.2 Å². The minimum absolute atomic E-state index is 0.982. The van der Waals surface area contributed by atoms with Crippen molar-refractivity contribution in [3.8, 4) is 0 Å². The normalized spacial score (nSPS) is 16.0. The average molecular weight is 253 g/mol. The maximum atomic E-state index is 4.45. The molecule has 0 radical (unpaired) electrons. The van der Waals surface area contributed by atoms with Gasteiger partial charge in [0.05, 0.1) is 0 Å². The zero-order chi connectivity index (χ0) is 9.97. The molecule has 0 bridgehead atoms. The van der Waals surface area contributed by atoms with Crippen LogP contribution in [0.25, 0.3) is 0 Å². The van der Waals surface area contributed by atoms with Gasteiger partial charge in [-0.3, -0.25) is 0 Å². The quantitative estimate of drug-likeness (QED) is 0.715. The summed E-state index contributed by atoms with van der Waals surface area (Å²) in [4.78, 5) is 6.75. The Morgan fingerprint density at radius 3 is 2.93 bits per heavy atom. The van der Waals surface area contributed by atoms with Crippen LogP contribution >= 0.6 is 15.9 Å². The van der Waals surface area contributed by atoms with Crippen molar-refractivity contribution in [3.63, 3.8) is 0 Å². The van der Waals surface area contributed by atoms with Crippen LogP contribution in [0.2, 0.25) is 0 Å². The van der Waals surface area contributed by atoms with Gasteiger partial charge in [0.2, 0.25) is 0 Å². The molecular formula is C11H13BrN2. The van der Waals surface area contributed by atoms with E-state index >= 15 is 0 Å². The number of pyridine rings is 1. The topological polar surface area (TPSA) is 16.1 Å². The summed E-state index contributed by atoms with van der Waals surface area (Å²) in [5, 5.41) is 0. The Morgan fingerprint density at radius 2 is 2.29 bits per heavy atom. The first-order valence-corrected chi connectivity index (χ1v) is 5.59. The van der Waals surface area contributed by atoms with Crippen molar-refractivity contribution in [2.45, 2.75) is 13.3 Å². The molecule has 74 valence electrons. The molecule has 1 aromatic rings. The van der Waals surface area contributed by atoms with E-state index in [0.29, 0.717) is 0 Å². The van der Waals surface area contributed by atoms with Gasteiger partial charge in [0.25, 0.3) is 0 Å². The number of nitrogens with zero attached hydrogens (tertiary/aromatic N) is 2. The molecule has 0 saturated heterocycles. The van der Waals surface area contributed by atoms with E-state index in [1.54, 1.807) is 0 Å². The molecule has 0 aromatic carbocycles. The zero-order valence-electron chi connectivity index (χ0n) is 8.20. The summed E-state index contributed by atoms with van der Waals surface area (Å²) in [5.74, 6) is 1.11. The third kappa shape index (κ3) is 1.98. The highest BCUT2D eigenvalue weighted by Gasteiger charge is 2.10. The number of aromatic nitrogens is 1. The molecule has 2 nitrogen and oxygen atoms in total. The van der Waals surface area contributed by atoms with Crippen molar-refractivity contribution in [2.24, 2.45) is 0 Å². The smallest absolute Gasteiger partial charge is 0.131 e. The lowest BCUT2D eigenvalue weighted by Crippen LogP contribution is -2.28. The monoisotopic (exact) mass is 252 g/mol. The largest absolute Gasteiger partial charge is 0.352 e. The van der Waals surface area contributed by atoms with Gasteiger partial charge in [-0.05, 0) is 40.9 Å². The summed E-state index contributed by atoms with van der Waals surface area (Å²) in [6.45, 7) is 4.16. The standard InChI is InChI=1S/C11H13BrN2/c1-9-7-10(12)8-13-11(9)14-5-3-2-4-6-14/h2-3,7-8H,4-6H2,1H3. The van der Waals surface area contributed by atoms with Gasteiger partial charge in [0, 0.05) is 23.8 Å². The first kappa shape index (κ1) is 9.71. The van der Waals surface area contributed by atoms with Crippen molar-refractivity contribution in [2.75, 3.05) is 18.0 Å². The van der Waals surface area contributed by atoms with E-state index in [1.807, 2.05) is 6.20 Å². The van der Waals surface area contributed by atoms with Crippen LogP contribution in [0.1, 0.15) is 12.0 Å². The molecule has 1 aliphatic rings. The third-order valence-corrected chi connectivity index (χ3v) is 2.81. The maximum absolute atomic E-state index is 4.45. The van der Waals surface area contributed by atoms with Gasteiger partial charge in [-0.15, -0.1) is 0 Å². The summed E-state index contributed by atoms with van der Waals surface area (Å²) in [6, 6.07) is 2.11. The highest BCUT2D eigenvalue weighted by molar-refractivity contribution is 9.10. The van der Waals surface area contributed by atoms with E-state index < -0.39 is 0 Å². The lowest BCUT2D eigenvalue weighted by Gasteiger charge is -2.25. The van der Waals surface area contributed by atoms with Gasteiger partial charge in [0.1, 0.15) is 5.82 Å². The Labute approximate surface area is 92.8 Å². The Bertz CT molecular complexity index is 360. The van der Waals surface area contributed by atoms with Crippen molar-refractivity contribution < 1.29 is 0 Å². The van der Waals surface area contributed by atoms with Crippen LogP contribution in [-0.4, -0.2) is 18.1 Å². The second kappa shape index (κ2) is 4.13. The number of rotatable bonds is 1. The van der Waals surface area contributed by atoms with Crippen LogP contribution in [0.4, 0.5) is 5.82 Å². The Kier molecular flexibility index (Phi) is 2.87. The average Bonchev–Trinajstić information content (AvgIpc) is 2.19. The molecule has 0 fully saturated rings. The van der Waals surface area contributed by atoms with Gasteiger partial charge in [-0.2, -0.15) is 0 Å². The minimum Gasteiger partial charge on any atom is -0.352 e. The van der Waals surface area contributed by atoms with Crippen LogP contribution in [0, 0.1) is 6.92 Å². The van der Waals surface area contributed by atoms with E-state index in [1.165, 1.54) is 5.56 Å². The molecule has 0 amide bonds. The van der Waals surface area contributed by atoms with Crippen LogP contribution in [0.5, 0.6) is 0 Å².